The van der Waals surface area contributed by atoms with Gasteiger partial charge in [-0.05, 0) is 35.7 Å². The number of esters is 1. The summed E-state index contributed by atoms with van der Waals surface area (Å²) in [5.41, 5.74) is 2.27. The highest BCUT2D eigenvalue weighted by Crippen LogP contribution is 2.38. The predicted molar refractivity (Wildman–Crippen MR) is 132 cm³/mol. The number of hydrogen-bond acceptors (Lipinski definition) is 5. The Balaban J connectivity index is 2.09. The smallest absolute Gasteiger partial charge is 0.335 e. The summed E-state index contributed by atoms with van der Waals surface area (Å²) in [4.78, 5) is 25.1. The number of methoxy groups -OCH3 is 1. The molecule has 0 aliphatic rings. The van der Waals surface area contributed by atoms with Crippen LogP contribution >= 0.6 is 0 Å². The number of aliphatic hydroxyl groups excluding tert-OH is 1. The lowest BCUT2D eigenvalue weighted by molar-refractivity contribution is -0.150. The Labute approximate surface area is 207 Å². The third-order valence-corrected chi connectivity index (χ3v) is 6.21. The number of hydrogen-bond donors (Lipinski definition) is 1. The number of carbonyl (C=O) groups is 2. The third kappa shape index (κ3) is 4.28. The van der Waals surface area contributed by atoms with E-state index in [-0.39, 0.29) is 18.2 Å². The second-order valence-electron chi connectivity index (χ2n) is 10.2. The Morgan fingerprint density at radius 3 is 2.36 bits per heavy atom. The molecule has 0 fully saturated rings. The first kappa shape index (κ1) is 25.5. The minimum Gasteiger partial charge on any atom is -0.467 e. The molecule has 0 radical (unpaired) electrons. The van der Waals surface area contributed by atoms with Crippen LogP contribution in [0.3, 0.4) is 0 Å². The Morgan fingerprint density at radius 1 is 1.08 bits per heavy atom. The van der Waals surface area contributed by atoms with Gasteiger partial charge in [-0.2, -0.15) is 9.78 Å². The van der Waals surface area contributed by atoms with Gasteiger partial charge in [0.15, 0.2) is 17.7 Å². The van der Waals surface area contributed by atoms with Crippen molar-refractivity contribution in [3.05, 3.63) is 59.4 Å². The summed E-state index contributed by atoms with van der Waals surface area (Å²) >= 11 is 0. The highest BCUT2D eigenvalue weighted by Gasteiger charge is 2.29. The van der Waals surface area contributed by atoms with E-state index >= 15 is 0 Å². The predicted octanol–water partition coefficient (Wildman–Crippen LogP) is 5.14. The van der Waals surface area contributed by atoms with Crippen molar-refractivity contribution in [2.24, 2.45) is 5.41 Å². The van der Waals surface area contributed by atoms with Gasteiger partial charge in [-0.25, -0.2) is 13.6 Å². The molecule has 2 heterocycles. The van der Waals surface area contributed by atoms with Crippen LogP contribution in [0.5, 0.6) is 0 Å². The van der Waals surface area contributed by atoms with E-state index in [1.165, 1.54) is 17.9 Å². The number of fused-ring (bicyclic) bond motifs is 2. The van der Waals surface area contributed by atoms with Crippen molar-refractivity contribution in [3.63, 3.8) is 0 Å². The highest BCUT2D eigenvalue weighted by molar-refractivity contribution is 6.02. The Hall–Kier alpha value is -3.59. The van der Waals surface area contributed by atoms with Gasteiger partial charge in [0.25, 0.3) is 5.91 Å². The van der Waals surface area contributed by atoms with Gasteiger partial charge in [-0.15, -0.1) is 0 Å². The van der Waals surface area contributed by atoms with E-state index in [9.17, 15) is 23.5 Å². The molecule has 0 aliphatic heterocycles. The molecule has 1 N–H and O–H groups in total. The van der Waals surface area contributed by atoms with Crippen LogP contribution in [-0.2, 0) is 16.0 Å². The lowest BCUT2D eigenvalue weighted by Gasteiger charge is -2.17. The molecule has 36 heavy (non-hydrogen) atoms. The molecule has 0 saturated heterocycles. The van der Waals surface area contributed by atoms with E-state index in [1.54, 1.807) is 37.6 Å². The molecule has 0 unspecified atom stereocenters. The molecule has 2 aromatic carbocycles. The van der Waals surface area contributed by atoms with Crippen molar-refractivity contribution in [1.82, 2.24) is 14.3 Å². The van der Waals surface area contributed by atoms with Crippen molar-refractivity contribution >= 4 is 33.7 Å². The van der Waals surface area contributed by atoms with Gasteiger partial charge in [-0.3, -0.25) is 4.79 Å². The molecular formula is C27H29F2N3O4. The van der Waals surface area contributed by atoms with E-state index in [1.807, 2.05) is 19.9 Å². The van der Waals surface area contributed by atoms with E-state index < -0.39 is 29.1 Å². The zero-order valence-electron chi connectivity index (χ0n) is 21.1. The molecule has 0 aliphatic carbocycles. The fourth-order valence-electron chi connectivity index (χ4n) is 4.51. The zero-order valence-corrected chi connectivity index (χ0v) is 21.1. The largest absolute Gasteiger partial charge is 0.467 e. The molecule has 190 valence electrons. The Kier molecular flexibility index (Phi) is 6.47. The van der Waals surface area contributed by atoms with Crippen LogP contribution in [0.25, 0.3) is 27.5 Å². The lowest BCUT2D eigenvalue weighted by Crippen LogP contribution is -2.27. The van der Waals surface area contributed by atoms with E-state index in [2.05, 4.69) is 5.10 Å². The van der Waals surface area contributed by atoms with Crippen molar-refractivity contribution in [2.75, 3.05) is 7.11 Å². The van der Waals surface area contributed by atoms with Gasteiger partial charge in [0, 0.05) is 40.1 Å². The first-order chi connectivity index (χ1) is 16.8. The fraction of sp³-hybridized carbons (Fsp3) is 0.370. The van der Waals surface area contributed by atoms with Gasteiger partial charge < -0.3 is 14.4 Å². The van der Waals surface area contributed by atoms with Crippen LogP contribution in [0.15, 0.2) is 36.5 Å². The topological polar surface area (TPSA) is 86.3 Å². The first-order valence-electron chi connectivity index (χ1n) is 11.7. The van der Waals surface area contributed by atoms with E-state index in [4.69, 9.17) is 4.74 Å². The molecule has 7 nitrogen and oxygen atoms in total. The van der Waals surface area contributed by atoms with Crippen molar-refractivity contribution in [3.8, 4) is 5.69 Å². The lowest BCUT2D eigenvalue weighted by atomic mass is 9.95. The number of rotatable bonds is 5. The summed E-state index contributed by atoms with van der Waals surface area (Å²) in [6.07, 6.45) is 0.0764. The fourth-order valence-corrected chi connectivity index (χ4v) is 4.51. The number of nitrogens with zero attached hydrogens (tertiary/aromatic N) is 3. The Bertz CT molecular complexity index is 1490. The third-order valence-electron chi connectivity index (χ3n) is 6.21. The van der Waals surface area contributed by atoms with Gasteiger partial charge in [0.1, 0.15) is 0 Å². The second-order valence-corrected chi connectivity index (χ2v) is 10.2. The second kappa shape index (κ2) is 9.13. The molecule has 2 aromatic heterocycles. The molecule has 4 aromatic rings. The average molecular weight is 498 g/mol. The maximum absolute atomic E-state index is 14.3. The Morgan fingerprint density at radius 2 is 1.78 bits per heavy atom. The van der Waals surface area contributed by atoms with Gasteiger partial charge in [0.05, 0.1) is 24.3 Å². The number of aliphatic hydroxyl groups is 1. The number of ether oxygens (including phenoxy) is 1. The van der Waals surface area contributed by atoms with Crippen LogP contribution in [-0.4, -0.2) is 44.5 Å². The minimum atomic E-state index is -1.44. The number of aromatic nitrogens is 3. The molecule has 4 rings (SSSR count). The van der Waals surface area contributed by atoms with E-state index in [0.29, 0.717) is 38.8 Å². The van der Waals surface area contributed by atoms with Gasteiger partial charge in [-0.1, -0.05) is 34.6 Å². The molecule has 0 amide bonds. The number of carbonyl (C=O) groups excluding carboxylic acids is 2. The molecular weight excluding hydrogens is 468 g/mol. The SMILES string of the molecule is COC(=O)[C@H](O)Cc1c(C(C)C)n(-c2ccc(F)c(F)c2)c2cc3cnn(C(=O)C(C)(C)C)c3cc12. The zero-order chi connectivity index (χ0) is 26.5. The van der Waals surface area contributed by atoms with Gasteiger partial charge in [0.2, 0.25) is 0 Å². The minimum absolute atomic E-state index is 0.0692. The van der Waals surface area contributed by atoms with E-state index in [0.717, 1.165) is 12.1 Å². The van der Waals surface area contributed by atoms with Crippen LogP contribution in [0.2, 0.25) is 0 Å². The first-order valence-corrected chi connectivity index (χ1v) is 11.7. The quantitative estimate of drug-likeness (QED) is 0.386. The van der Waals surface area contributed by atoms with Crippen molar-refractivity contribution in [2.45, 2.75) is 53.1 Å². The van der Waals surface area contributed by atoms with Crippen LogP contribution in [0.4, 0.5) is 8.78 Å². The highest BCUT2D eigenvalue weighted by atomic mass is 19.2. The number of benzene rings is 2. The van der Waals surface area contributed by atoms with Crippen molar-refractivity contribution in [1.29, 1.82) is 0 Å². The molecule has 0 saturated carbocycles. The maximum atomic E-state index is 14.3. The summed E-state index contributed by atoms with van der Waals surface area (Å²) < 4.78 is 35.9. The molecule has 0 spiro atoms. The summed E-state index contributed by atoms with van der Waals surface area (Å²) in [5.74, 6) is -3.07. The molecule has 9 heteroatoms. The number of halogens is 2. The standard InChI is InChI=1S/C27H29F2N3O4/c1-14(2)24-18(12-23(33)25(34)36-6)17-11-21-15(13-30-32(21)26(35)27(3,4)5)9-22(17)31(24)16-7-8-19(28)20(29)10-16/h7-11,13-14,23,33H,12H2,1-6H3/t23-/m1/s1. The summed E-state index contributed by atoms with van der Waals surface area (Å²) in [6.45, 7) is 9.27. The summed E-state index contributed by atoms with van der Waals surface area (Å²) in [5, 5.41) is 16.2. The van der Waals surface area contributed by atoms with Gasteiger partial charge >= 0.3 is 5.97 Å². The van der Waals surface area contributed by atoms with Crippen LogP contribution in [0.1, 0.15) is 56.6 Å². The van der Waals surface area contributed by atoms with Crippen molar-refractivity contribution < 1.29 is 28.2 Å². The monoisotopic (exact) mass is 497 g/mol. The van der Waals surface area contributed by atoms with Crippen LogP contribution in [0, 0.1) is 17.0 Å². The maximum Gasteiger partial charge on any atom is 0.335 e. The summed E-state index contributed by atoms with van der Waals surface area (Å²) in [6, 6.07) is 7.26. The summed E-state index contributed by atoms with van der Waals surface area (Å²) in [7, 11) is 1.19. The van der Waals surface area contributed by atoms with Crippen LogP contribution < -0.4 is 0 Å². The normalized spacial score (nSPS) is 13.1. The molecule has 0 bridgehead atoms. The average Bonchev–Trinajstić information content (AvgIpc) is 3.36. The molecule has 1 atom stereocenters.